The van der Waals surface area contributed by atoms with Crippen molar-refractivity contribution in [2.24, 2.45) is 5.92 Å². The molecule has 0 unspecified atom stereocenters. The number of ether oxygens (including phenoxy) is 4. The number of fused-ring (bicyclic) bond motifs is 1. The van der Waals surface area contributed by atoms with Crippen LogP contribution in [0.3, 0.4) is 0 Å². The first-order chi connectivity index (χ1) is 17.8. The number of benzene rings is 2. The Labute approximate surface area is 214 Å². The van der Waals surface area contributed by atoms with Crippen LogP contribution in [-0.4, -0.2) is 41.4 Å². The number of Topliss-reactive ketones (excluding diaryl/α,β-unsaturated/α-hetero) is 1. The molecule has 0 N–H and O–H groups in total. The van der Waals surface area contributed by atoms with Crippen LogP contribution in [0.1, 0.15) is 36.8 Å². The molecule has 0 aliphatic heterocycles. The molecule has 0 aliphatic carbocycles. The van der Waals surface area contributed by atoms with Gasteiger partial charge in [-0.2, -0.15) is 5.10 Å². The molecular formula is C28H30FN3O5. The summed E-state index contributed by atoms with van der Waals surface area (Å²) >= 11 is 0. The van der Waals surface area contributed by atoms with Crippen LogP contribution in [0.5, 0.6) is 28.7 Å². The van der Waals surface area contributed by atoms with E-state index in [1.165, 1.54) is 19.2 Å². The summed E-state index contributed by atoms with van der Waals surface area (Å²) in [6.07, 6.45) is 3.28. The molecule has 0 saturated carbocycles. The SMILES string of the molecule is CCOc1cn(CC(C)C)nc1C(=O)Cc1ccc(Oc2ccnc3cc(OC)c(OC)cc23)c(F)c1. The molecule has 0 spiro atoms. The molecule has 0 bridgehead atoms. The fourth-order valence-corrected chi connectivity index (χ4v) is 3.99. The minimum Gasteiger partial charge on any atom is -0.493 e. The molecule has 2 aromatic heterocycles. The van der Waals surface area contributed by atoms with Gasteiger partial charge >= 0.3 is 0 Å². The number of aromatic nitrogens is 3. The fraction of sp³-hybridized carbons (Fsp3) is 0.321. The van der Waals surface area contributed by atoms with Gasteiger partial charge in [0.25, 0.3) is 0 Å². The van der Waals surface area contributed by atoms with E-state index in [0.717, 1.165) is 0 Å². The second-order valence-electron chi connectivity index (χ2n) is 8.89. The number of ketones is 1. The van der Waals surface area contributed by atoms with Crippen molar-refractivity contribution in [3.8, 4) is 28.7 Å². The molecule has 0 radical (unpaired) electrons. The zero-order valence-electron chi connectivity index (χ0n) is 21.6. The van der Waals surface area contributed by atoms with Crippen molar-refractivity contribution >= 4 is 16.7 Å². The Bertz CT molecular complexity index is 1420. The lowest BCUT2D eigenvalue weighted by Gasteiger charge is -2.13. The van der Waals surface area contributed by atoms with E-state index in [9.17, 15) is 4.79 Å². The molecular weight excluding hydrogens is 477 g/mol. The van der Waals surface area contributed by atoms with Crippen LogP contribution >= 0.6 is 0 Å². The number of carbonyl (C=O) groups is 1. The average Bonchev–Trinajstić information content (AvgIpc) is 3.26. The first-order valence-corrected chi connectivity index (χ1v) is 12.0. The Kier molecular flexibility index (Phi) is 7.91. The Morgan fingerprint density at radius 1 is 1.00 bits per heavy atom. The molecule has 194 valence electrons. The van der Waals surface area contributed by atoms with Gasteiger partial charge in [-0.1, -0.05) is 19.9 Å². The van der Waals surface area contributed by atoms with Crippen molar-refractivity contribution in [3.63, 3.8) is 0 Å². The smallest absolute Gasteiger partial charge is 0.191 e. The standard InChI is InChI=1S/C28H30FN3O5/c1-6-36-27-16-32(15-17(2)3)31-28(27)22(33)12-18-7-8-24(20(29)11-18)37-23-9-10-30-21-14-26(35-5)25(34-4)13-19(21)23/h7-11,13-14,16-17H,6,12,15H2,1-5H3. The van der Waals surface area contributed by atoms with Crippen LogP contribution < -0.4 is 18.9 Å². The summed E-state index contributed by atoms with van der Waals surface area (Å²) in [6.45, 7) is 7.06. The van der Waals surface area contributed by atoms with Crippen molar-refractivity contribution < 1.29 is 28.1 Å². The Hall–Kier alpha value is -4.14. The van der Waals surface area contributed by atoms with Gasteiger partial charge in [0.15, 0.2) is 40.3 Å². The maximum absolute atomic E-state index is 15.1. The van der Waals surface area contributed by atoms with E-state index in [4.69, 9.17) is 18.9 Å². The summed E-state index contributed by atoms with van der Waals surface area (Å²) in [6, 6.07) is 9.57. The van der Waals surface area contributed by atoms with Gasteiger partial charge in [-0.3, -0.25) is 14.5 Å². The largest absolute Gasteiger partial charge is 0.493 e. The van der Waals surface area contributed by atoms with Crippen LogP contribution in [0, 0.1) is 11.7 Å². The van der Waals surface area contributed by atoms with Crippen molar-refractivity contribution in [1.82, 2.24) is 14.8 Å². The number of rotatable bonds is 11. The fourth-order valence-electron chi connectivity index (χ4n) is 3.99. The molecule has 0 aliphatic rings. The zero-order valence-corrected chi connectivity index (χ0v) is 21.6. The molecule has 37 heavy (non-hydrogen) atoms. The van der Waals surface area contributed by atoms with Crippen LogP contribution in [0.4, 0.5) is 4.39 Å². The highest BCUT2D eigenvalue weighted by molar-refractivity contribution is 5.98. The van der Waals surface area contributed by atoms with E-state index in [1.54, 1.807) is 48.5 Å². The molecule has 0 amide bonds. The number of pyridine rings is 1. The molecule has 0 saturated heterocycles. The number of hydrogen-bond donors (Lipinski definition) is 0. The van der Waals surface area contributed by atoms with Crippen LogP contribution in [-0.2, 0) is 13.0 Å². The molecule has 0 fully saturated rings. The molecule has 4 aromatic rings. The maximum atomic E-state index is 15.1. The normalized spacial score (nSPS) is 11.1. The van der Waals surface area contributed by atoms with Crippen molar-refractivity contribution in [3.05, 3.63) is 65.9 Å². The highest BCUT2D eigenvalue weighted by Crippen LogP contribution is 2.37. The molecule has 8 nitrogen and oxygen atoms in total. The minimum absolute atomic E-state index is 0.0227. The van der Waals surface area contributed by atoms with E-state index in [2.05, 4.69) is 23.9 Å². The molecule has 9 heteroatoms. The topological polar surface area (TPSA) is 84.7 Å². The molecule has 2 heterocycles. The van der Waals surface area contributed by atoms with Gasteiger partial charge in [-0.05, 0) is 42.7 Å². The third kappa shape index (κ3) is 5.82. The lowest BCUT2D eigenvalue weighted by molar-refractivity contribution is 0.0983. The number of hydrogen-bond acceptors (Lipinski definition) is 7. The summed E-state index contributed by atoms with van der Waals surface area (Å²) in [7, 11) is 3.08. The van der Waals surface area contributed by atoms with E-state index in [1.807, 2.05) is 6.92 Å². The third-order valence-corrected chi connectivity index (χ3v) is 5.63. The van der Waals surface area contributed by atoms with Crippen LogP contribution in [0.2, 0.25) is 0 Å². The van der Waals surface area contributed by atoms with Crippen molar-refractivity contribution in [2.75, 3.05) is 20.8 Å². The van der Waals surface area contributed by atoms with Gasteiger partial charge < -0.3 is 18.9 Å². The third-order valence-electron chi connectivity index (χ3n) is 5.63. The van der Waals surface area contributed by atoms with Crippen molar-refractivity contribution in [2.45, 2.75) is 33.7 Å². The number of nitrogens with zero attached hydrogens (tertiary/aromatic N) is 3. The van der Waals surface area contributed by atoms with Gasteiger partial charge in [0.2, 0.25) is 0 Å². The number of methoxy groups -OCH3 is 2. The second kappa shape index (κ2) is 11.3. The highest BCUT2D eigenvalue weighted by Gasteiger charge is 2.20. The highest BCUT2D eigenvalue weighted by atomic mass is 19.1. The Morgan fingerprint density at radius 2 is 1.76 bits per heavy atom. The van der Waals surface area contributed by atoms with Gasteiger partial charge in [0.1, 0.15) is 5.75 Å². The first kappa shape index (κ1) is 25.9. The Balaban J connectivity index is 1.56. The van der Waals surface area contributed by atoms with E-state index in [-0.39, 0.29) is 23.6 Å². The summed E-state index contributed by atoms with van der Waals surface area (Å²) in [5.41, 5.74) is 1.36. The number of carbonyl (C=O) groups excluding carboxylic acids is 1. The van der Waals surface area contributed by atoms with Gasteiger partial charge in [0, 0.05) is 30.6 Å². The Morgan fingerprint density at radius 3 is 2.43 bits per heavy atom. The van der Waals surface area contributed by atoms with Gasteiger partial charge in [-0.25, -0.2) is 4.39 Å². The van der Waals surface area contributed by atoms with Crippen molar-refractivity contribution in [1.29, 1.82) is 0 Å². The monoisotopic (exact) mass is 507 g/mol. The maximum Gasteiger partial charge on any atom is 0.191 e. The second-order valence-corrected chi connectivity index (χ2v) is 8.89. The lowest BCUT2D eigenvalue weighted by atomic mass is 10.1. The van der Waals surface area contributed by atoms with Crippen LogP contribution in [0.25, 0.3) is 10.9 Å². The quantitative estimate of drug-likeness (QED) is 0.235. The van der Waals surface area contributed by atoms with Crippen LogP contribution in [0.15, 0.2) is 48.8 Å². The van der Waals surface area contributed by atoms with E-state index in [0.29, 0.717) is 58.5 Å². The average molecular weight is 508 g/mol. The molecule has 2 aromatic carbocycles. The van der Waals surface area contributed by atoms with E-state index < -0.39 is 5.82 Å². The molecule has 0 atom stereocenters. The minimum atomic E-state index is -0.592. The van der Waals surface area contributed by atoms with E-state index >= 15 is 4.39 Å². The molecule has 4 rings (SSSR count). The predicted molar refractivity (Wildman–Crippen MR) is 138 cm³/mol. The van der Waals surface area contributed by atoms with Gasteiger partial charge in [0.05, 0.1) is 32.5 Å². The van der Waals surface area contributed by atoms with Gasteiger partial charge in [-0.15, -0.1) is 0 Å². The summed E-state index contributed by atoms with van der Waals surface area (Å²) in [5, 5.41) is 5.05. The summed E-state index contributed by atoms with van der Waals surface area (Å²) < 4.78 is 39.0. The summed E-state index contributed by atoms with van der Waals surface area (Å²) in [5.74, 6) is 1.42. The zero-order chi connectivity index (χ0) is 26.5. The summed E-state index contributed by atoms with van der Waals surface area (Å²) in [4.78, 5) is 17.4. The predicted octanol–water partition coefficient (Wildman–Crippen LogP) is 5.86. The number of halogens is 1. The lowest BCUT2D eigenvalue weighted by Crippen LogP contribution is -2.10. The first-order valence-electron chi connectivity index (χ1n) is 12.0.